The van der Waals surface area contributed by atoms with Gasteiger partial charge in [-0.05, 0) is 12.1 Å². The number of nitro benzene ring substituents is 1. The van der Waals surface area contributed by atoms with Crippen LogP contribution in [0.1, 0.15) is 0 Å². The summed E-state index contributed by atoms with van der Waals surface area (Å²) < 4.78 is 74.1. The highest BCUT2D eigenvalue weighted by atomic mass is 35.5. The Morgan fingerprint density at radius 1 is 0.862 bits per heavy atom. The molecule has 0 saturated carbocycles. The zero-order valence-corrected chi connectivity index (χ0v) is 17.7. The number of anilines is 1. The Bertz CT molecular complexity index is 1340. The molecule has 2 aromatic carbocycles. The number of nitro groups is 1. The molecule has 5 N–H and O–H groups in total. The van der Waals surface area contributed by atoms with Crippen molar-refractivity contribution in [2.75, 3.05) is 4.72 Å². The van der Waals surface area contributed by atoms with Gasteiger partial charge < -0.3 is 0 Å². The van der Waals surface area contributed by atoms with Gasteiger partial charge in [-0.2, -0.15) is 0 Å². The minimum atomic E-state index is -4.79. The first-order valence-corrected chi connectivity index (χ1v) is 12.2. The zero-order valence-electron chi connectivity index (χ0n) is 13.7. The fraction of sp³-hybridized carbons (Fsp3) is 0. The second-order valence-corrected chi connectivity index (χ2v) is 10.8. The number of hydrogen-bond donors (Lipinski definition) is 3. The summed E-state index contributed by atoms with van der Waals surface area (Å²) >= 11 is 11.7. The second-order valence-electron chi connectivity index (χ2n) is 5.30. The van der Waals surface area contributed by atoms with E-state index in [1.807, 2.05) is 0 Å². The number of rotatable bonds is 6. The van der Waals surface area contributed by atoms with Crippen LogP contribution in [-0.4, -0.2) is 30.2 Å². The van der Waals surface area contributed by atoms with Gasteiger partial charge in [0, 0.05) is 6.07 Å². The number of sulfonamides is 3. The number of nitrogens with two attached hydrogens (primary N) is 2. The third-order valence-corrected chi connectivity index (χ3v) is 7.58. The molecule has 2 rings (SSSR count). The molecule has 29 heavy (non-hydrogen) atoms. The largest absolute Gasteiger partial charge is 0.289 e. The van der Waals surface area contributed by atoms with E-state index in [2.05, 4.69) is 0 Å². The highest BCUT2D eigenvalue weighted by Gasteiger charge is 2.31. The lowest BCUT2D eigenvalue weighted by Gasteiger charge is -2.16. The van der Waals surface area contributed by atoms with Gasteiger partial charge in [0.05, 0.1) is 20.7 Å². The molecule has 0 saturated heterocycles. The second kappa shape index (κ2) is 7.67. The van der Waals surface area contributed by atoms with E-state index in [1.165, 1.54) is 12.1 Å². The minimum absolute atomic E-state index is 0.413. The average Bonchev–Trinajstić information content (AvgIpc) is 2.56. The van der Waals surface area contributed by atoms with Gasteiger partial charge >= 0.3 is 0 Å². The number of para-hydroxylation sites is 1. The van der Waals surface area contributed by atoms with Gasteiger partial charge in [0.15, 0.2) is 4.90 Å². The Labute approximate surface area is 174 Å². The summed E-state index contributed by atoms with van der Waals surface area (Å²) in [5.74, 6) is 0. The molecular formula is C12H10Cl2N4O8S3. The fourth-order valence-corrected chi connectivity index (χ4v) is 5.78. The normalized spacial score (nSPS) is 12.6. The average molecular weight is 505 g/mol. The van der Waals surface area contributed by atoms with E-state index in [-0.39, 0.29) is 0 Å². The molecular weight excluding hydrogens is 495 g/mol. The van der Waals surface area contributed by atoms with Crippen LogP contribution in [0.15, 0.2) is 45.0 Å². The molecule has 0 spiro atoms. The maximum atomic E-state index is 12.7. The molecule has 0 bridgehead atoms. The first-order chi connectivity index (χ1) is 13.1. The molecule has 0 radical (unpaired) electrons. The van der Waals surface area contributed by atoms with Crippen molar-refractivity contribution >= 4 is 64.6 Å². The predicted molar refractivity (Wildman–Crippen MR) is 103 cm³/mol. The van der Waals surface area contributed by atoms with Gasteiger partial charge in [0.2, 0.25) is 20.0 Å². The van der Waals surface area contributed by atoms with Crippen LogP contribution in [0.3, 0.4) is 0 Å². The van der Waals surface area contributed by atoms with E-state index in [4.69, 9.17) is 33.5 Å². The quantitative estimate of drug-likeness (QED) is 0.380. The molecule has 12 nitrogen and oxygen atoms in total. The van der Waals surface area contributed by atoms with Crippen molar-refractivity contribution in [2.24, 2.45) is 10.3 Å². The lowest BCUT2D eigenvalue weighted by Crippen LogP contribution is -2.22. The number of nitrogens with zero attached hydrogens (tertiary/aromatic N) is 1. The molecule has 0 fully saturated rings. The Kier molecular flexibility index (Phi) is 6.16. The Morgan fingerprint density at radius 3 is 1.86 bits per heavy atom. The molecule has 0 aliphatic carbocycles. The van der Waals surface area contributed by atoms with E-state index in [1.54, 1.807) is 4.72 Å². The summed E-state index contributed by atoms with van der Waals surface area (Å²) in [5.41, 5.74) is -1.73. The maximum absolute atomic E-state index is 12.7. The van der Waals surface area contributed by atoms with Crippen LogP contribution in [0.2, 0.25) is 10.0 Å². The van der Waals surface area contributed by atoms with Crippen molar-refractivity contribution in [1.82, 2.24) is 0 Å². The highest BCUT2D eigenvalue weighted by Crippen LogP contribution is 2.41. The lowest BCUT2D eigenvalue weighted by atomic mass is 10.3. The fourth-order valence-electron chi connectivity index (χ4n) is 2.13. The van der Waals surface area contributed by atoms with Gasteiger partial charge in [-0.1, -0.05) is 35.3 Å². The summed E-state index contributed by atoms with van der Waals surface area (Å²) in [6.07, 6.45) is 0. The van der Waals surface area contributed by atoms with Crippen molar-refractivity contribution in [1.29, 1.82) is 0 Å². The lowest BCUT2D eigenvalue weighted by molar-refractivity contribution is -0.387. The topological polar surface area (TPSA) is 210 Å². The first kappa shape index (κ1) is 23.3. The van der Waals surface area contributed by atoms with Crippen molar-refractivity contribution in [3.8, 4) is 0 Å². The third kappa shape index (κ3) is 4.77. The van der Waals surface area contributed by atoms with Crippen molar-refractivity contribution in [3.05, 3.63) is 50.5 Å². The van der Waals surface area contributed by atoms with E-state index < -0.39 is 71.1 Å². The van der Waals surface area contributed by atoms with E-state index >= 15 is 0 Å². The maximum Gasteiger partial charge on any atom is 0.289 e. The summed E-state index contributed by atoms with van der Waals surface area (Å²) in [4.78, 5) is 7.29. The molecule has 0 aromatic heterocycles. The van der Waals surface area contributed by atoms with Gasteiger partial charge in [-0.3, -0.25) is 14.8 Å². The molecule has 0 unspecified atom stereocenters. The number of nitrogens with one attached hydrogen (secondary N) is 1. The molecule has 0 heterocycles. The third-order valence-electron chi connectivity index (χ3n) is 3.34. The number of halogens is 2. The van der Waals surface area contributed by atoms with Crippen LogP contribution >= 0.6 is 23.2 Å². The number of hydrogen-bond acceptors (Lipinski definition) is 8. The summed E-state index contributed by atoms with van der Waals surface area (Å²) in [5, 5.41) is 19.4. The van der Waals surface area contributed by atoms with E-state index in [9.17, 15) is 35.4 Å². The standard InChI is InChI=1S/C12H10Cl2N4O8S3/c13-10-8(27(15,21)22)5-9(28(16,23)24)12(11(10)14)17-29(25,26)7-4-2-1-3-6(7)18(19)20/h1-5,17H,(H2,15,21,22)(H2,16,23,24). The molecule has 0 atom stereocenters. The predicted octanol–water partition coefficient (Wildman–Crippen LogP) is 0.997. The van der Waals surface area contributed by atoms with E-state index in [0.717, 1.165) is 12.1 Å². The first-order valence-electron chi connectivity index (χ1n) is 6.91. The van der Waals surface area contributed by atoms with Gasteiger partial charge in [-0.15, -0.1) is 0 Å². The van der Waals surface area contributed by atoms with Crippen LogP contribution in [0.4, 0.5) is 11.4 Å². The monoisotopic (exact) mass is 504 g/mol. The SMILES string of the molecule is NS(=O)(=O)c1cc(S(N)(=O)=O)c(NS(=O)(=O)c2ccccc2[N+](=O)[O-])c(Cl)c1Cl. The summed E-state index contributed by atoms with van der Waals surface area (Å²) in [6, 6.07) is 4.58. The van der Waals surface area contributed by atoms with Crippen molar-refractivity contribution < 1.29 is 30.2 Å². The summed E-state index contributed by atoms with van der Waals surface area (Å²) in [6.45, 7) is 0. The smallest absolute Gasteiger partial charge is 0.276 e. The van der Waals surface area contributed by atoms with Gasteiger partial charge in [0.25, 0.3) is 15.7 Å². The highest BCUT2D eigenvalue weighted by molar-refractivity contribution is 7.93. The number of benzene rings is 2. The van der Waals surface area contributed by atoms with Crippen molar-refractivity contribution in [2.45, 2.75) is 14.7 Å². The van der Waals surface area contributed by atoms with Crippen LogP contribution in [0.5, 0.6) is 0 Å². The van der Waals surface area contributed by atoms with Crippen LogP contribution in [0.25, 0.3) is 0 Å². The van der Waals surface area contributed by atoms with Gasteiger partial charge in [0.1, 0.15) is 9.79 Å². The Morgan fingerprint density at radius 2 is 1.38 bits per heavy atom. The summed E-state index contributed by atoms with van der Waals surface area (Å²) in [7, 11) is -14.1. The molecule has 0 aliphatic heterocycles. The van der Waals surface area contributed by atoms with Gasteiger partial charge in [-0.25, -0.2) is 35.5 Å². The molecule has 17 heteroatoms. The van der Waals surface area contributed by atoms with Crippen LogP contribution in [0, 0.1) is 10.1 Å². The Hall–Kier alpha value is -2.01. The molecule has 2 aromatic rings. The number of primary sulfonamides is 2. The zero-order chi connectivity index (χ0) is 22.4. The molecule has 0 aliphatic rings. The van der Waals surface area contributed by atoms with E-state index in [0.29, 0.717) is 6.07 Å². The minimum Gasteiger partial charge on any atom is -0.276 e. The molecule has 0 amide bonds. The van der Waals surface area contributed by atoms with Crippen LogP contribution in [-0.2, 0) is 30.1 Å². The van der Waals surface area contributed by atoms with Crippen molar-refractivity contribution in [3.63, 3.8) is 0 Å². The Balaban J connectivity index is 2.83. The van der Waals surface area contributed by atoms with Crippen LogP contribution < -0.4 is 15.0 Å². The molecule has 158 valence electrons.